The van der Waals surface area contributed by atoms with Gasteiger partial charge in [0.05, 0.1) is 6.54 Å². The van der Waals surface area contributed by atoms with Gasteiger partial charge in [0.15, 0.2) is 0 Å². The molecule has 0 atom stereocenters. The lowest BCUT2D eigenvalue weighted by atomic mass is 10.1. The van der Waals surface area contributed by atoms with Crippen molar-refractivity contribution in [2.45, 2.75) is 32.7 Å². The van der Waals surface area contributed by atoms with Crippen LogP contribution in [0.25, 0.3) is 0 Å². The van der Waals surface area contributed by atoms with E-state index < -0.39 is 0 Å². The van der Waals surface area contributed by atoms with Crippen LogP contribution in [0.5, 0.6) is 0 Å². The maximum atomic E-state index is 5.97. The van der Waals surface area contributed by atoms with E-state index in [0.29, 0.717) is 0 Å². The highest BCUT2D eigenvalue weighted by Crippen LogP contribution is 2.11. The van der Waals surface area contributed by atoms with Crippen LogP contribution < -0.4 is 5.73 Å². The number of nitrogens with zero attached hydrogens (tertiary/aromatic N) is 2. The Kier molecular flexibility index (Phi) is 3.33. The molecular weight excluding hydrogens is 162 g/mol. The predicted molar refractivity (Wildman–Crippen MR) is 56.0 cm³/mol. The van der Waals surface area contributed by atoms with Crippen LogP contribution in [-0.4, -0.2) is 35.2 Å². The van der Waals surface area contributed by atoms with Gasteiger partial charge < -0.3 is 10.7 Å². The third-order valence-corrected chi connectivity index (χ3v) is 2.01. The SMILES string of the molecule is CCCN1CC=CN1CC(C)(C)N. The first-order valence-corrected chi connectivity index (χ1v) is 5.00. The summed E-state index contributed by atoms with van der Waals surface area (Å²) in [7, 11) is 0. The second kappa shape index (κ2) is 4.11. The normalized spacial score (nSPS) is 18.6. The van der Waals surface area contributed by atoms with E-state index in [1.54, 1.807) is 0 Å². The van der Waals surface area contributed by atoms with Gasteiger partial charge in [0.2, 0.25) is 0 Å². The molecule has 1 aliphatic rings. The fourth-order valence-corrected chi connectivity index (χ4v) is 1.54. The fraction of sp³-hybridized carbons (Fsp3) is 0.800. The van der Waals surface area contributed by atoms with Crippen LogP contribution >= 0.6 is 0 Å². The lowest BCUT2D eigenvalue weighted by Crippen LogP contribution is -2.48. The number of rotatable bonds is 4. The zero-order valence-electron chi connectivity index (χ0n) is 8.95. The van der Waals surface area contributed by atoms with Crippen molar-refractivity contribution >= 4 is 0 Å². The van der Waals surface area contributed by atoms with Crippen molar-refractivity contribution < 1.29 is 0 Å². The van der Waals surface area contributed by atoms with Crippen molar-refractivity contribution in [2.24, 2.45) is 5.73 Å². The van der Waals surface area contributed by atoms with Gasteiger partial charge >= 0.3 is 0 Å². The number of hydrazine groups is 1. The van der Waals surface area contributed by atoms with E-state index in [4.69, 9.17) is 5.73 Å². The Morgan fingerprint density at radius 2 is 2.15 bits per heavy atom. The van der Waals surface area contributed by atoms with Gasteiger partial charge in [-0.25, -0.2) is 5.01 Å². The topological polar surface area (TPSA) is 32.5 Å². The summed E-state index contributed by atoms with van der Waals surface area (Å²) >= 11 is 0. The maximum absolute atomic E-state index is 5.97. The first-order valence-electron chi connectivity index (χ1n) is 5.00. The van der Waals surface area contributed by atoms with Gasteiger partial charge in [-0.15, -0.1) is 0 Å². The summed E-state index contributed by atoms with van der Waals surface area (Å²) in [4.78, 5) is 0. The molecule has 0 aromatic rings. The van der Waals surface area contributed by atoms with Crippen molar-refractivity contribution in [1.82, 2.24) is 10.0 Å². The molecule has 0 aromatic carbocycles. The van der Waals surface area contributed by atoms with Crippen molar-refractivity contribution in [3.05, 3.63) is 12.3 Å². The van der Waals surface area contributed by atoms with Crippen molar-refractivity contribution in [3.63, 3.8) is 0 Å². The maximum Gasteiger partial charge on any atom is 0.0515 e. The molecule has 0 bridgehead atoms. The third kappa shape index (κ3) is 3.36. The smallest absolute Gasteiger partial charge is 0.0515 e. The predicted octanol–water partition coefficient (Wildman–Crippen LogP) is 1.18. The average Bonchev–Trinajstić information content (AvgIpc) is 2.34. The van der Waals surface area contributed by atoms with E-state index in [2.05, 4.69) is 43.1 Å². The Balaban J connectivity index is 2.43. The molecule has 1 heterocycles. The zero-order valence-corrected chi connectivity index (χ0v) is 8.95. The van der Waals surface area contributed by atoms with E-state index in [0.717, 1.165) is 19.6 Å². The largest absolute Gasteiger partial charge is 0.324 e. The molecule has 1 aliphatic heterocycles. The highest BCUT2D eigenvalue weighted by molar-refractivity contribution is 4.94. The molecular formula is C10H21N3. The molecule has 0 radical (unpaired) electrons. The van der Waals surface area contributed by atoms with Gasteiger partial charge in [-0.05, 0) is 20.3 Å². The Morgan fingerprint density at radius 3 is 2.69 bits per heavy atom. The molecule has 0 unspecified atom stereocenters. The highest BCUT2D eigenvalue weighted by atomic mass is 15.6. The molecule has 0 fully saturated rings. The summed E-state index contributed by atoms with van der Waals surface area (Å²) in [6.07, 6.45) is 5.49. The summed E-state index contributed by atoms with van der Waals surface area (Å²) in [6, 6.07) is 0. The van der Waals surface area contributed by atoms with Crippen LogP contribution in [0, 0.1) is 0 Å². The van der Waals surface area contributed by atoms with Crippen LogP contribution in [-0.2, 0) is 0 Å². The Hall–Kier alpha value is -0.540. The Labute approximate surface area is 81.2 Å². The van der Waals surface area contributed by atoms with Crippen LogP contribution in [0.2, 0.25) is 0 Å². The van der Waals surface area contributed by atoms with Crippen molar-refractivity contribution in [3.8, 4) is 0 Å². The highest BCUT2D eigenvalue weighted by Gasteiger charge is 2.21. The molecule has 13 heavy (non-hydrogen) atoms. The summed E-state index contributed by atoms with van der Waals surface area (Å²) in [5.41, 5.74) is 5.85. The number of hydrogen-bond acceptors (Lipinski definition) is 3. The van der Waals surface area contributed by atoms with Crippen molar-refractivity contribution in [1.29, 1.82) is 0 Å². The van der Waals surface area contributed by atoms with E-state index in [-0.39, 0.29) is 5.54 Å². The van der Waals surface area contributed by atoms with Gasteiger partial charge in [0, 0.05) is 24.8 Å². The van der Waals surface area contributed by atoms with Gasteiger partial charge in [0.1, 0.15) is 0 Å². The summed E-state index contributed by atoms with van der Waals surface area (Å²) in [5, 5.41) is 4.55. The van der Waals surface area contributed by atoms with E-state index >= 15 is 0 Å². The van der Waals surface area contributed by atoms with E-state index in [9.17, 15) is 0 Å². The number of nitrogens with two attached hydrogens (primary N) is 1. The van der Waals surface area contributed by atoms with E-state index in [1.165, 1.54) is 6.42 Å². The molecule has 3 heteroatoms. The second-order valence-corrected chi connectivity index (χ2v) is 4.38. The zero-order chi connectivity index (χ0) is 9.90. The second-order valence-electron chi connectivity index (χ2n) is 4.38. The van der Waals surface area contributed by atoms with Gasteiger partial charge in [-0.1, -0.05) is 13.0 Å². The lowest BCUT2D eigenvalue weighted by Gasteiger charge is -2.33. The molecule has 0 aliphatic carbocycles. The summed E-state index contributed by atoms with van der Waals surface area (Å²) < 4.78 is 0. The molecule has 0 saturated carbocycles. The molecule has 0 spiro atoms. The Bertz CT molecular complexity index is 181. The lowest BCUT2D eigenvalue weighted by molar-refractivity contribution is 0.0361. The van der Waals surface area contributed by atoms with Gasteiger partial charge in [-0.2, -0.15) is 0 Å². The van der Waals surface area contributed by atoms with Crippen LogP contribution in [0.1, 0.15) is 27.2 Å². The quantitative estimate of drug-likeness (QED) is 0.710. The minimum atomic E-state index is -0.124. The Morgan fingerprint density at radius 1 is 1.46 bits per heavy atom. The average molecular weight is 183 g/mol. The van der Waals surface area contributed by atoms with Crippen LogP contribution in [0.15, 0.2) is 12.3 Å². The minimum absolute atomic E-state index is 0.124. The van der Waals surface area contributed by atoms with Crippen LogP contribution in [0.3, 0.4) is 0 Å². The molecule has 3 nitrogen and oxygen atoms in total. The first-order chi connectivity index (χ1) is 6.03. The molecule has 2 N–H and O–H groups in total. The van der Waals surface area contributed by atoms with Crippen LogP contribution in [0.4, 0.5) is 0 Å². The van der Waals surface area contributed by atoms with Crippen molar-refractivity contribution in [2.75, 3.05) is 19.6 Å². The molecule has 0 amide bonds. The molecule has 76 valence electrons. The molecule has 1 rings (SSSR count). The molecule has 0 aromatic heterocycles. The minimum Gasteiger partial charge on any atom is -0.324 e. The molecule has 0 saturated heterocycles. The third-order valence-electron chi connectivity index (χ3n) is 2.01. The summed E-state index contributed by atoms with van der Waals surface area (Å²) in [6.45, 7) is 9.35. The number of hydrogen-bond donors (Lipinski definition) is 1. The standard InChI is InChI=1S/C10H21N3/c1-4-6-12-7-5-8-13(12)9-10(2,3)11/h5,8H,4,6-7,9,11H2,1-3H3. The monoisotopic (exact) mass is 183 g/mol. The first kappa shape index (κ1) is 10.5. The summed E-state index contributed by atoms with van der Waals surface area (Å²) in [5.74, 6) is 0. The van der Waals surface area contributed by atoms with Gasteiger partial charge in [0.25, 0.3) is 0 Å². The van der Waals surface area contributed by atoms with Gasteiger partial charge in [-0.3, -0.25) is 0 Å². The van der Waals surface area contributed by atoms with E-state index in [1.807, 2.05) is 0 Å². The fourth-order valence-electron chi connectivity index (χ4n) is 1.54.